The Kier molecular flexibility index (Phi) is 2.96. The molecule has 0 saturated carbocycles. The van der Waals surface area contributed by atoms with Crippen molar-refractivity contribution < 1.29 is 14.7 Å². The van der Waals surface area contributed by atoms with Gasteiger partial charge in [-0.05, 0) is 24.3 Å². The van der Waals surface area contributed by atoms with E-state index < -0.39 is 12.0 Å². The van der Waals surface area contributed by atoms with Crippen LogP contribution in [0.1, 0.15) is 30.7 Å². The fourth-order valence-corrected chi connectivity index (χ4v) is 3.11. The standard InChI is InChI=1S/C11H13NO3S/c1-7(13)12-8(10-3-2-6-16-10)4-5-9(12)11(14)15/h2-3,6,8-9H,4-5H2,1H3,(H,14,15)/t8-,9-/m0/s1. The molecule has 2 heterocycles. The summed E-state index contributed by atoms with van der Waals surface area (Å²) in [5.41, 5.74) is 0. The van der Waals surface area contributed by atoms with Crippen LogP contribution in [0.5, 0.6) is 0 Å². The van der Waals surface area contributed by atoms with E-state index in [0.29, 0.717) is 6.42 Å². The highest BCUT2D eigenvalue weighted by Gasteiger charge is 2.40. The van der Waals surface area contributed by atoms with Crippen molar-refractivity contribution in [3.05, 3.63) is 22.4 Å². The van der Waals surface area contributed by atoms with Gasteiger partial charge < -0.3 is 10.0 Å². The summed E-state index contributed by atoms with van der Waals surface area (Å²) in [5.74, 6) is -1.07. The van der Waals surface area contributed by atoms with Gasteiger partial charge in [0.05, 0.1) is 6.04 Å². The summed E-state index contributed by atoms with van der Waals surface area (Å²) in [6.07, 6.45) is 1.27. The van der Waals surface area contributed by atoms with E-state index in [9.17, 15) is 9.59 Å². The lowest BCUT2D eigenvalue weighted by molar-refractivity contribution is -0.148. The van der Waals surface area contributed by atoms with E-state index in [-0.39, 0.29) is 11.9 Å². The van der Waals surface area contributed by atoms with Gasteiger partial charge in [0.1, 0.15) is 6.04 Å². The minimum atomic E-state index is -0.908. The van der Waals surface area contributed by atoms with Crippen LogP contribution in [0.15, 0.2) is 17.5 Å². The highest BCUT2D eigenvalue weighted by Crippen LogP contribution is 2.38. The van der Waals surface area contributed by atoms with Crippen LogP contribution in [0.4, 0.5) is 0 Å². The summed E-state index contributed by atoms with van der Waals surface area (Å²) < 4.78 is 0. The Bertz CT molecular complexity index is 401. The number of hydrogen-bond donors (Lipinski definition) is 1. The van der Waals surface area contributed by atoms with Crippen molar-refractivity contribution in [2.45, 2.75) is 31.8 Å². The van der Waals surface area contributed by atoms with Crippen LogP contribution in [-0.4, -0.2) is 27.9 Å². The molecule has 0 aromatic carbocycles. The molecule has 4 nitrogen and oxygen atoms in total. The van der Waals surface area contributed by atoms with Gasteiger partial charge in [0.25, 0.3) is 0 Å². The van der Waals surface area contributed by atoms with Crippen molar-refractivity contribution >= 4 is 23.2 Å². The lowest BCUT2D eigenvalue weighted by Crippen LogP contribution is -2.40. The summed E-state index contributed by atoms with van der Waals surface area (Å²) in [6, 6.07) is 3.16. The van der Waals surface area contributed by atoms with Crippen molar-refractivity contribution in [1.82, 2.24) is 4.90 Å². The van der Waals surface area contributed by atoms with Gasteiger partial charge in [-0.3, -0.25) is 4.79 Å². The maximum absolute atomic E-state index is 11.5. The molecule has 2 atom stereocenters. The molecule has 0 unspecified atom stereocenters. The first-order valence-corrected chi connectivity index (χ1v) is 6.04. The lowest BCUT2D eigenvalue weighted by Gasteiger charge is -2.26. The third-order valence-electron chi connectivity index (χ3n) is 2.91. The zero-order valence-electron chi connectivity index (χ0n) is 8.92. The molecular formula is C11H13NO3S. The summed E-state index contributed by atoms with van der Waals surface area (Å²) in [5, 5.41) is 11.0. The molecule has 1 aromatic rings. The molecule has 0 radical (unpaired) electrons. The Morgan fingerprint density at radius 1 is 1.50 bits per heavy atom. The molecule has 0 spiro atoms. The Labute approximate surface area is 97.5 Å². The van der Waals surface area contributed by atoms with Crippen LogP contribution in [-0.2, 0) is 9.59 Å². The second-order valence-corrected chi connectivity index (χ2v) is 4.87. The van der Waals surface area contributed by atoms with Crippen LogP contribution in [0.3, 0.4) is 0 Å². The first-order valence-electron chi connectivity index (χ1n) is 5.16. The molecule has 1 aliphatic rings. The average molecular weight is 239 g/mol. The largest absolute Gasteiger partial charge is 0.480 e. The van der Waals surface area contributed by atoms with Crippen LogP contribution in [0.25, 0.3) is 0 Å². The van der Waals surface area contributed by atoms with Gasteiger partial charge in [0.15, 0.2) is 0 Å². The van der Waals surface area contributed by atoms with Gasteiger partial charge in [-0.1, -0.05) is 6.07 Å². The molecule has 1 aliphatic heterocycles. The van der Waals surface area contributed by atoms with E-state index in [1.807, 2.05) is 17.5 Å². The smallest absolute Gasteiger partial charge is 0.326 e. The van der Waals surface area contributed by atoms with E-state index in [0.717, 1.165) is 11.3 Å². The molecule has 1 aromatic heterocycles. The Hall–Kier alpha value is -1.36. The minimum absolute atomic E-state index is 0.0569. The van der Waals surface area contributed by atoms with Gasteiger partial charge in [0, 0.05) is 11.8 Å². The second-order valence-electron chi connectivity index (χ2n) is 3.89. The molecule has 1 amide bonds. The van der Waals surface area contributed by atoms with E-state index in [1.54, 1.807) is 11.3 Å². The third-order valence-corrected chi connectivity index (χ3v) is 3.88. The van der Waals surface area contributed by atoms with Gasteiger partial charge >= 0.3 is 5.97 Å². The fourth-order valence-electron chi connectivity index (χ4n) is 2.25. The van der Waals surface area contributed by atoms with Gasteiger partial charge in [-0.2, -0.15) is 0 Å². The van der Waals surface area contributed by atoms with Crippen molar-refractivity contribution in [2.75, 3.05) is 0 Å². The van der Waals surface area contributed by atoms with E-state index in [1.165, 1.54) is 11.8 Å². The van der Waals surface area contributed by atoms with Gasteiger partial charge in [-0.15, -0.1) is 11.3 Å². The average Bonchev–Trinajstić information content (AvgIpc) is 2.85. The molecule has 5 heteroatoms. The number of thiophene rings is 1. The predicted molar refractivity (Wildman–Crippen MR) is 60.2 cm³/mol. The number of carbonyl (C=O) groups excluding carboxylic acids is 1. The SMILES string of the molecule is CC(=O)N1[C@H](C(=O)O)CC[C@H]1c1cccs1. The molecule has 1 fully saturated rings. The molecule has 1 saturated heterocycles. The highest BCUT2D eigenvalue weighted by atomic mass is 32.1. The number of carboxylic acids is 1. The number of hydrogen-bond acceptors (Lipinski definition) is 3. The Balaban J connectivity index is 2.28. The van der Waals surface area contributed by atoms with Crippen molar-refractivity contribution in [3.63, 3.8) is 0 Å². The number of nitrogens with zero attached hydrogens (tertiary/aromatic N) is 1. The highest BCUT2D eigenvalue weighted by molar-refractivity contribution is 7.10. The summed E-state index contributed by atoms with van der Waals surface area (Å²) >= 11 is 1.57. The molecular weight excluding hydrogens is 226 g/mol. The van der Waals surface area contributed by atoms with E-state index in [4.69, 9.17) is 5.11 Å². The van der Waals surface area contributed by atoms with E-state index in [2.05, 4.69) is 0 Å². The lowest BCUT2D eigenvalue weighted by atomic mass is 10.2. The number of amides is 1. The minimum Gasteiger partial charge on any atom is -0.480 e. The Morgan fingerprint density at radius 2 is 2.25 bits per heavy atom. The first-order chi connectivity index (χ1) is 7.61. The molecule has 1 N–H and O–H groups in total. The molecule has 16 heavy (non-hydrogen) atoms. The zero-order chi connectivity index (χ0) is 11.7. The molecule has 0 aliphatic carbocycles. The summed E-state index contributed by atoms with van der Waals surface area (Å²) in [4.78, 5) is 25.1. The molecule has 0 bridgehead atoms. The number of likely N-dealkylation sites (tertiary alicyclic amines) is 1. The normalized spacial score (nSPS) is 24.7. The van der Waals surface area contributed by atoms with Crippen LogP contribution in [0, 0.1) is 0 Å². The summed E-state index contributed by atoms with van der Waals surface area (Å²) in [6.45, 7) is 1.43. The maximum Gasteiger partial charge on any atom is 0.326 e. The maximum atomic E-state index is 11.5. The number of carboxylic acid groups (broad SMARTS) is 1. The quantitative estimate of drug-likeness (QED) is 0.857. The first kappa shape index (κ1) is 11.1. The van der Waals surface area contributed by atoms with E-state index >= 15 is 0 Å². The summed E-state index contributed by atoms with van der Waals surface area (Å²) in [7, 11) is 0. The molecule has 2 rings (SSSR count). The van der Waals surface area contributed by atoms with Crippen molar-refractivity contribution in [1.29, 1.82) is 0 Å². The van der Waals surface area contributed by atoms with Gasteiger partial charge in [0.2, 0.25) is 5.91 Å². The van der Waals surface area contributed by atoms with Crippen LogP contribution < -0.4 is 0 Å². The monoisotopic (exact) mass is 239 g/mol. The van der Waals surface area contributed by atoms with Crippen molar-refractivity contribution in [3.8, 4) is 0 Å². The number of carbonyl (C=O) groups is 2. The van der Waals surface area contributed by atoms with Crippen molar-refractivity contribution in [2.24, 2.45) is 0 Å². The number of rotatable bonds is 2. The number of aliphatic carboxylic acids is 1. The zero-order valence-corrected chi connectivity index (χ0v) is 9.74. The molecule has 86 valence electrons. The fraction of sp³-hybridized carbons (Fsp3) is 0.455. The second kappa shape index (κ2) is 4.25. The Morgan fingerprint density at radius 3 is 2.75 bits per heavy atom. The van der Waals surface area contributed by atoms with Crippen LogP contribution >= 0.6 is 11.3 Å². The third kappa shape index (κ3) is 1.82. The van der Waals surface area contributed by atoms with Crippen LogP contribution in [0.2, 0.25) is 0 Å². The van der Waals surface area contributed by atoms with Gasteiger partial charge in [-0.25, -0.2) is 4.79 Å². The predicted octanol–water partition coefficient (Wildman–Crippen LogP) is 1.88. The topological polar surface area (TPSA) is 57.6 Å².